The standard InChI is InChI=1S/C20H12F4N4O2S/c21-17-4-1-13(20(22,23)24)10-16(17)19-15-3-2-14(9-12(15)5-8-26-19)31(29,30)28-18-6-7-25-11-27-18/h1-11H,(H,25,27,28). The fourth-order valence-electron chi connectivity index (χ4n) is 2.97. The number of nitrogens with zero attached hydrogens (tertiary/aromatic N) is 3. The summed E-state index contributed by atoms with van der Waals surface area (Å²) in [6.07, 6.45) is -0.834. The Bertz CT molecular complexity index is 1380. The zero-order valence-electron chi connectivity index (χ0n) is 15.4. The SMILES string of the molecule is O=S(=O)(Nc1ccncn1)c1ccc2c(-c3cc(C(F)(F)F)ccc3F)nccc2c1. The van der Waals surface area contributed by atoms with Gasteiger partial charge in [0.25, 0.3) is 10.0 Å². The van der Waals surface area contributed by atoms with Crippen LogP contribution in [0.15, 0.2) is 72.1 Å². The summed E-state index contributed by atoms with van der Waals surface area (Å²) in [5.74, 6) is -0.813. The highest BCUT2D eigenvalue weighted by atomic mass is 32.2. The van der Waals surface area contributed by atoms with Crippen LogP contribution in [0.1, 0.15) is 5.56 Å². The fraction of sp³-hybridized carbons (Fsp3) is 0.0500. The van der Waals surface area contributed by atoms with Crippen LogP contribution in [0.2, 0.25) is 0 Å². The molecule has 0 atom stereocenters. The van der Waals surface area contributed by atoms with Crippen LogP contribution in [-0.2, 0) is 16.2 Å². The molecule has 0 spiro atoms. The predicted molar refractivity (Wildman–Crippen MR) is 105 cm³/mol. The number of benzene rings is 2. The normalized spacial score (nSPS) is 12.1. The Morgan fingerprint density at radius 1 is 0.903 bits per heavy atom. The Labute approximate surface area is 173 Å². The summed E-state index contributed by atoms with van der Waals surface area (Å²) in [5, 5.41) is 0.647. The van der Waals surface area contributed by atoms with E-state index in [-0.39, 0.29) is 22.0 Å². The minimum atomic E-state index is -4.65. The summed E-state index contributed by atoms with van der Waals surface area (Å²) in [4.78, 5) is 11.4. The molecule has 0 fully saturated rings. The lowest BCUT2D eigenvalue weighted by Crippen LogP contribution is -2.13. The number of halogens is 4. The van der Waals surface area contributed by atoms with Gasteiger partial charge in [-0.15, -0.1) is 0 Å². The van der Waals surface area contributed by atoms with Crippen LogP contribution in [0, 0.1) is 5.82 Å². The van der Waals surface area contributed by atoms with E-state index in [2.05, 4.69) is 19.7 Å². The van der Waals surface area contributed by atoms with E-state index in [1.165, 1.54) is 49.1 Å². The number of hydrogen-bond donors (Lipinski definition) is 1. The molecule has 0 radical (unpaired) electrons. The van der Waals surface area contributed by atoms with E-state index in [4.69, 9.17) is 0 Å². The molecule has 6 nitrogen and oxygen atoms in total. The minimum absolute atomic E-state index is 0.0335. The van der Waals surface area contributed by atoms with Crippen molar-refractivity contribution in [2.75, 3.05) is 4.72 Å². The first-order chi connectivity index (χ1) is 14.6. The van der Waals surface area contributed by atoms with Crippen LogP contribution in [0.3, 0.4) is 0 Å². The van der Waals surface area contributed by atoms with Gasteiger partial charge in [0.15, 0.2) is 0 Å². The summed E-state index contributed by atoms with van der Waals surface area (Å²) in [6.45, 7) is 0. The fourth-order valence-corrected chi connectivity index (χ4v) is 4.01. The molecular weight excluding hydrogens is 436 g/mol. The van der Waals surface area contributed by atoms with Gasteiger partial charge in [-0.1, -0.05) is 6.07 Å². The maximum atomic E-state index is 14.4. The van der Waals surface area contributed by atoms with Gasteiger partial charge in [-0.05, 0) is 47.9 Å². The number of nitrogens with one attached hydrogen (secondary N) is 1. The van der Waals surface area contributed by atoms with Crippen LogP contribution in [0.5, 0.6) is 0 Å². The van der Waals surface area contributed by atoms with Gasteiger partial charge >= 0.3 is 6.18 Å². The number of pyridine rings is 1. The van der Waals surface area contributed by atoms with E-state index < -0.39 is 27.6 Å². The summed E-state index contributed by atoms with van der Waals surface area (Å²) in [5.41, 5.74) is -1.39. The average molecular weight is 448 g/mol. The van der Waals surface area contributed by atoms with E-state index in [1.54, 1.807) is 0 Å². The van der Waals surface area contributed by atoms with Crippen molar-refractivity contribution in [1.82, 2.24) is 15.0 Å². The topological polar surface area (TPSA) is 84.8 Å². The number of fused-ring (bicyclic) bond motifs is 1. The highest BCUT2D eigenvalue weighted by molar-refractivity contribution is 7.92. The number of hydrogen-bond acceptors (Lipinski definition) is 5. The highest BCUT2D eigenvalue weighted by Gasteiger charge is 2.31. The maximum Gasteiger partial charge on any atom is 0.416 e. The molecule has 0 bridgehead atoms. The van der Waals surface area contributed by atoms with E-state index in [9.17, 15) is 26.0 Å². The van der Waals surface area contributed by atoms with E-state index in [0.717, 1.165) is 6.07 Å². The molecule has 0 amide bonds. The molecule has 4 rings (SSSR count). The van der Waals surface area contributed by atoms with Gasteiger partial charge in [-0.2, -0.15) is 13.2 Å². The second kappa shape index (κ2) is 7.58. The Morgan fingerprint density at radius 3 is 2.42 bits per heavy atom. The third-order valence-corrected chi connectivity index (χ3v) is 5.77. The molecule has 0 unspecified atom stereocenters. The molecule has 0 aliphatic rings. The summed E-state index contributed by atoms with van der Waals surface area (Å²) in [6, 6.07) is 8.84. The van der Waals surface area contributed by atoms with Crippen molar-refractivity contribution in [2.24, 2.45) is 0 Å². The second-order valence-corrected chi connectivity index (χ2v) is 8.12. The molecule has 0 aliphatic heterocycles. The summed E-state index contributed by atoms with van der Waals surface area (Å²) < 4.78 is 81.1. The smallest absolute Gasteiger partial charge is 0.263 e. The molecule has 1 N–H and O–H groups in total. The van der Waals surface area contributed by atoms with E-state index >= 15 is 0 Å². The minimum Gasteiger partial charge on any atom is -0.263 e. The van der Waals surface area contributed by atoms with Gasteiger partial charge < -0.3 is 0 Å². The largest absolute Gasteiger partial charge is 0.416 e. The Morgan fingerprint density at radius 2 is 1.71 bits per heavy atom. The third kappa shape index (κ3) is 4.17. The van der Waals surface area contributed by atoms with Gasteiger partial charge in [-0.3, -0.25) is 9.71 Å². The first-order valence-corrected chi connectivity index (χ1v) is 10.2. The van der Waals surface area contributed by atoms with Gasteiger partial charge in [0.2, 0.25) is 0 Å². The lowest BCUT2D eigenvalue weighted by atomic mass is 10.0. The van der Waals surface area contributed by atoms with Gasteiger partial charge in [0.05, 0.1) is 16.2 Å². The quantitative estimate of drug-likeness (QED) is 0.460. The molecule has 31 heavy (non-hydrogen) atoms. The maximum absolute atomic E-state index is 14.4. The number of anilines is 1. The van der Waals surface area contributed by atoms with Crippen molar-refractivity contribution in [1.29, 1.82) is 0 Å². The van der Waals surface area contributed by atoms with Crippen molar-refractivity contribution in [3.05, 3.63) is 78.6 Å². The Kier molecular flexibility index (Phi) is 5.05. The summed E-state index contributed by atoms with van der Waals surface area (Å²) >= 11 is 0. The zero-order valence-corrected chi connectivity index (χ0v) is 16.2. The third-order valence-electron chi connectivity index (χ3n) is 4.42. The molecule has 0 saturated carbocycles. The first-order valence-electron chi connectivity index (χ1n) is 8.70. The molecular formula is C20H12F4N4O2S. The molecule has 0 aliphatic carbocycles. The second-order valence-electron chi connectivity index (χ2n) is 6.44. The van der Waals surface area contributed by atoms with E-state index in [1.807, 2.05) is 0 Å². The van der Waals surface area contributed by atoms with Crippen LogP contribution < -0.4 is 4.72 Å². The molecule has 2 aromatic carbocycles. The zero-order chi connectivity index (χ0) is 22.2. The Hall–Kier alpha value is -3.60. The van der Waals surface area contributed by atoms with Crippen molar-refractivity contribution in [2.45, 2.75) is 11.1 Å². The van der Waals surface area contributed by atoms with Crippen LogP contribution >= 0.6 is 0 Å². The average Bonchev–Trinajstić information content (AvgIpc) is 2.73. The number of rotatable bonds is 4. The molecule has 11 heteroatoms. The number of alkyl halides is 3. The predicted octanol–water partition coefficient (Wildman–Crippen LogP) is 4.65. The molecule has 4 aromatic rings. The lowest BCUT2D eigenvalue weighted by Gasteiger charge is -2.12. The van der Waals surface area contributed by atoms with Crippen LogP contribution in [0.4, 0.5) is 23.4 Å². The van der Waals surface area contributed by atoms with Crippen molar-refractivity contribution < 1.29 is 26.0 Å². The van der Waals surface area contributed by atoms with Crippen LogP contribution in [-0.4, -0.2) is 23.4 Å². The molecule has 2 heterocycles. The van der Waals surface area contributed by atoms with Gasteiger partial charge in [0.1, 0.15) is 18.0 Å². The number of sulfonamides is 1. The summed E-state index contributed by atoms with van der Waals surface area (Å²) in [7, 11) is -4.00. The van der Waals surface area contributed by atoms with Crippen LogP contribution in [0.25, 0.3) is 22.0 Å². The highest BCUT2D eigenvalue weighted by Crippen LogP contribution is 2.35. The number of aromatic nitrogens is 3. The lowest BCUT2D eigenvalue weighted by molar-refractivity contribution is -0.137. The van der Waals surface area contributed by atoms with Crippen molar-refractivity contribution in [3.8, 4) is 11.3 Å². The first kappa shape index (κ1) is 20.7. The van der Waals surface area contributed by atoms with Crippen molar-refractivity contribution >= 4 is 26.6 Å². The van der Waals surface area contributed by atoms with E-state index in [0.29, 0.717) is 22.9 Å². The van der Waals surface area contributed by atoms with Gasteiger partial charge in [0, 0.05) is 23.3 Å². The molecule has 158 valence electrons. The molecule has 0 saturated heterocycles. The van der Waals surface area contributed by atoms with Crippen molar-refractivity contribution in [3.63, 3.8) is 0 Å². The van der Waals surface area contributed by atoms with Gasteiger partial charge in [-0.25, -0.2) is 22.8 Å². The monoisotopic (exact) mass is 448 g/mol. The molecule has 2 aromatic heterocycles. The Balaban J connectivity index is 1.80.